The number of methoxy groups -OCH3 is 2. The van der Waals surface area contributed by atoms with Crippen molar-refractivity contribution in [1.82, 2.24) is 9.78 Å². The molecule has 0 spiro atoms. The highest BCUT2D eigenvalue weighted by Gasteiger charge is 2.32. The first kappa shape index (κ1) is 17.1. The van der Waals surface area contributed by atoms with Crippen molar-refractivity contribution in [1.29, 1.82) is 0 Å². The summed E-state index contributed by atoms with van der Waals surface area (Å²) < 4.78 is 12.8. The molecule has 0 saturated carbocycles. The Balaban J connectivity index is 1.76. The molecule has 2 heterocycles. The van der Waals surface area contributed by atoms with Crippen LogP contribution in [0.15, 0.2) is 54.7 Å². The Hall–Kier alpha value is -3.28. The lowest BCUT2D eigenvalue weighted by Gasteiger charge is -2.25. The smallest absolute Gasteiger partial charge is 0.226 e. The SMILES string of the molecule is COc1cccc([C@H]2CC(=O)Nc3c2cnn3Cc2ccccc2)c1OC. The van der Waals surface area contributed by atoms with Gasteiger partial charge in [0.1, 0.15) is 5.82 Å². The fourth-order valence-corrected chi connectivity index (χ4v) is 3.61. The van der Waals surface area contributed by atoms with Gasteiger partial charge in [0, 0.05) is 23.5 Å². The number of nitrogens with zero attached hydrogens (tertiary/aromatic N) is 2. The van der Waals surface area contributed by atoms with Crippen LogP contribution in [-0.2, 0) is 11.3 Å². The Morgan fingerprint density at radius 2 is 1.89 bits per heavy atom. The van der Waals surface area contributed by atoms with Crippen LogP contribution in [0.3, 0.4) is 0 Å². The van der Waals surface area contributed by atoms with E-state index in [9.17, 15) is 4.79 Å². The molecular weight excluding hydrogens is 342 g/mol. The number of carbonyl (C=O) groups is 1. The van der Waals surface area contributed by atoms with Gasteiger partial charge in [-0.1, -0.05) is 42.5 Å². The number of fused-ring (bicyclic) bond motifs is 1. The second-order valence-corrected chi connectivity index (χ2v) is 6.48. The van der Waals surface area contributed by atoms with Crippen molar-refractivity contribution in [2.75, 3.05) is 19.5 Å². The molecule has 0 radical (unpaired) electrons. The zero-order chi connectivity index (χ0) is 18.8. The third-order valence-electron chi connectivity index (χ3n) is 4.87. The van der Waals surface area contributed by atoms with Gasteiger partial charge in [-0.05, 0) is 11.6 Å². The summed E-state index contributed by atoms with van der Waals surface area (Å²) in [6, 6.07) is 15.8. The van der Waals surface area contributed by atoms with Gasteiger partial charge >= 0.3 is 0 Å². The normalized spacial score (nSPS) is 15.8. The van der Waals surface area contributed by atoms with E-state index in [1.165, 1.54) is 0 Å². The van der Waals surface area contributed by atoms with Crippen molar-refractivity contribution in [3.8, 4) is 11.5 Å². The minimum atomic E-state index is -0.136. The Morgan fingerprint density at radius 3 is 2.63 bits per heavy atom. The maximum atomic E-state index is 12.4. The number of amides is 1. The summed E-state index contributed by atoms with van der Waals surface area (Å²) in [6.07, 6.45) is 2.18. The molecule has 138 valence electrons. The summed E-state index contributed by atoms with van der Waals surface area (Å²) in [5.41, 5.74) is 3.03. The number of para-hydroxylation sites is 1. The lowest BCUT2D eigenvalue weighted by molar-refractivity contribution is -0.116. The van der Waals surface area contributed by atoms with Crippen molar-refractivity contribution in [3.05, 3.63) is 71.4 Å². The van der Waals surface area contributed by atoms with E-state index in [1.807, 2.05) is 59.4 Å². The average molecular weight is 363 g/mol. The number of hydrogen-bond donors (Lipinski definition) is 1. The Bertz CT molecular complexity index is 966. The van der Waals surface area contributed by atoms with Gasteiger partial charge in [-0.25, -0.2) is 4.68 Å². The summed E-state index contributed by atoms with van der Waals surface area (Å²) in [7, 11) is 3.22. The number of benzene rings is 2. The van der Waals surface area contributed by atoms with Crippen molar-refractivity contribution >= 4 is 11.7 Å². The zero-order valence-corrected chi connectivity index (χ0v) is 15.3. The predicted molar refractivity (Wildman–Crippen MR) is 102 cm³/mol. The summed E-state index contributed by atoms with van der Waals surface area (Å²) in [4.78, 5) is 12.4. The molecule has 1 aliphatic heterocycles. The quantitative estimate of drug-likeness (QED) is 0.754. The van der Waals surface area contributed by atoms with Crippen LogP contribution in [0.5, 0.6) is 11.5 Å². The lowest BCUT2D eigenvalue weighted by Crippen LogP contribution is -2.25. The van der Waals surface area contributed by atoms with Gasteiger partial charge in [0.2, 0.25) is 5.91 Å². The van der Waals surface area contributed by atoms with Crippen LogP contribution in [0.4, 0.5) is 5.82 Å². The first-order chi connectivity index (χ1) is 13.2. The molecule has 1 atom stereocenters. The second-order valence-electron chi connectivity index (χ2n) is 6.48. The molecule has 0 aliphatic carbocycles. The predicted octanol–water partition coefficient (Wildman–Crippen LogP) is 3.42. The summed E-state index contributed by atoms with van der Waals surface area (Å²) in [5, 5.41) is 7.52. The van der Waals surface area contributed by atoms with E-state index in [0.29, 0.717) is 24.5 Å². The molecule has 1 aromatic heterocycles. The van der Waals surface area contributed by atoms with E-state index in [1.54, 1.807) is 14.2 Å². The molecule has 4 rings (SSSR count). The zero-order valence-electron chi connectivity index (χ0n) is 15.3. The third kappa shape index (κ3) is 3.14. The summed E-state index contributed by atoms with van der Waals surface area (Å²) in [6.45, 7) is 0.596. The van der Waals surface area contributed by atoms with Crippen molar-refractivity contribution in [2.45, 2.75) is 18.9 Å². The summed E-state index contributed by atoms with van der Waals surface area (Å²) in [5.74, 6) is 1.88. The minimum Gasteiger partial charge on any atom is -0.493 e. The second kappa shape index (κ2) is 7.15. The van der Waals surface area contributed by atoms with Gasteiger partial charge in [0.05, 0.1) is 27.0 Å². The minimum absolute atomic E-state index is 0.0350. The summed E-state index contributed by atoms with van der Waals surface area (Å²) >= 11 is 0. The van der Waals surface area contributed by atoms with Crippen LogP contribution in [0.2, 0.25) is 0 Å². The molecule has 1 aliphatic rings. The fraction of sp³-hybridized carbons (Fsp3) is 0.238. The van der Waals surface area contributed by atoms with Crippen molar-refractivity contribution < 1.29 is 14.3 Å². The van der Waals surface area contributed by atoms with E-state index < -0.39 is 0 Å². The van der Waals surface area contributed by atoms with Crippen molar-refractivity contribution in [3.63, 3.8) is 0 Å². The first-order valence-corrected chi connectivity index (χ1v) is 8.81. The van der Waals surface area contributed by atoms with E-state index in [2.05, 4.69) is 10.4 Å². The van der Waals surface area contributed by atoms with Crippen LogP contribution in [0, 0.1) is 0 Å². The maximum absolute atomic E-state index is 12.4. The number of hydrogen-bond acceptors (Lipinski definition) is 4. The first-order valence-electron chi connectivity index (χ1n) is 8.81. The highest BCUT2D eigenvalue weighted by atomic mass is 16.5. The van der Waals surface area contributed by atoms with E-state index in [0.717, 1.165) is 22.5 Å². The van der Waals surface area contributed by atoms with Gasteiger partial charge in [-0.2, -0.15) is 5.10 Å². The van der Waals surface area contributed by atoms with Crippen LogP contribution < -0.4 is 14.8 Å². The van der Waals surface area contributed by atoms with E-state index >= 15 is 0 Å². The Morgan fingerprint density at radius 1 is 1.07 bits per heavy atom. The van der Waals surface area contributed by atoms with E-state index in [4.69, 9.17) is 9.47 Å². The maximum Gasteiger partial charge on any atom is 0.226 e. The van der Waals surface area contributed by atoms with Gasteiger partial charge < -0.3 is 14.8 Å². The van der Waals surface area contributed by atoms with Crippen LogP contribution in [0.1, 0.15) is 29.0 Å². The molecule has 1 N–H and O–H groups in total. The highest BCUT2D eigenvalue weighted by Crippen LogP contribution is 2.43. The number of nitrogens with one attached hydrogen (secondary N) is 1. The molecule has 0 unspecified atom stereocenters. The topological polar surface area (TPSA) is 65.4 Å². The molecular formula is C21H21N3O3. The molecule has 0 saturated heterocycles. The molecule has 27 heavy (non-hydrogen) atoms. The number of aromatic nitrogens is 2. The molecule has 1 amide bonds. The molecule has 0 bridgehead atoms. The van der Waals surface area contributed by atoms with Gasteiger partial charge in [0.25, 0.3) is 0 Å². The molecule has 6 heteroatoms. The van der Waals surface area contributed by atoms with Gasteiger partial charge in [-0.3, -0.25) is 4.79 Å². The number of rotatable bonds is 5. The monoisotopic (exact) mass is 363 g/mol. The average Bonchev–Trinajstić information content (AvgIpc) is 3.10. The highest BCUT2D eigenvalue weighted by molar-refractivity contribution is 5.94. The van der Waals surface area contributed by atoms with Crippen LogP contribution >= 0.6 is 0 Å². The van der Waals surface area contributed by atoms with Gasteiger partial charge in [-0.15, -0.1) is 0 Å². The Labute approximate surface area is 157 Å². The molecule has 3 aromatic rings. The molecule has 6 nitrogen and oxygen atoms in total. The fourth-order valence-electron chi connectivity index (χ4n) is 3.61. The molecule has 0 fully saturated rings. The lowest BCUT2D eigenvalue weighted by atomic mass is 9.86. The van der Waals surface area contributed by atoms with Gasteiger partial charge in [0.15, 0.2) is 11.5 Å². The number of anilines is 1. The largest absolute Gasteiger partial charge is 0.493 e. The van der Waals surface area contributed by atoms with Crippen LogP contribution in [-0.4, -0.2) is 29.9 Å². The Kier molecular flexibility index (Phi) is 4.54. The standard InChI is InChI=1S/C21H21N3O3/c1-26-18-10-6-9-15(20(18)27-2)16-11-19(25)23-21-17(16)12-22-24(21)13-14-7-4-3-5-8-14/h3-10,12,16H,11,13H2,1-2H3,(H,23,25)/t16-/m1/s1. The van der Waals surface area contributed by atoms with E-state index in [-0.39, 0.29) is 11.8 Å². The van der Waals surface area contributed by atoms with Crippen molar-refractivity contribution in [2.24, 2.45) is 0 Å². The third-order valence-corrected chi connectivity index (χ3v) is 4.87. The number of ether oxygens (including phenoxy) is 2. The van der Waals surface area contributed by atoms with Crippen LogP contribution in [0.25, 0.3) is 0 Å². The molecule has 2 aromatic carbocycles. The number of carbonyl (C=O) groups excluding carboxylic acids is 1.